The van der Waals surface area contributed by atoms with Gasteiger partial charge in [-0.05, 0) is 18.3 Å². The largest absolute Gasteiger partial charge is 0.480 e. The molecule has 1 rings (SSSR count). The number of carbonyl (C=O) groups excluding carboxylic acids is 1. The van der Waals surface area contributed by atoms with E-state index < -0.39 is 17.6 Å². The Morgan fingerprint density at radius 2 is 2.06 bits per heavy atom. The molecule has 2 N–H and O–H groups in total. The number of amides is 1. The van der Waals surface area contributed by atoms with Gasteiger partial charge in [-0.15, -0.1) is 0 Å². The summed E-state index contributed by atoms with van der Waals surface area (Å²) >= 11 is 0. The summed E-state index contributed by atoms with van der Waals surface area (Å²) in [6, 6.07) is 0. The molecular weight excluding hydrogens is 210 g/mol. The molecule has 90 valence electrons. The number of hydrogen-bond donors (Lipinski definition) is 2. The van der Waals surface area contributed by atoms with E-state index in [0.29, 0.717) is 12.8 Å². The molecule has 16 heavy (non-hydrogen) atoms. The van der Waals surface area contributed by atoms with Crippen LogP contribution in [0.4, 0.5) is 4.79 Å². The molecule has 0 saturated heterocycles. The highest BCUT2D eigenvalue weighted by molar-refractivity contribution is 5.85. The fourth-order valence-corrected chi connectivity index (χ4v) is 2.24. The van der Waals surface area contributed by atoms with Gasteiger partial charge in [0.25, 0.3) is 0 Å². The number of nitrogens with one attached hydrogen (secondary N) is 1. The van der Waals surface area contributed by atoms with Crippen LogP contribution in [0.5, 0.6) is 0 Å². The summed E-state index contributed by atoms with van der Waals surface area (Å²) in [6.07, 6.45) is 1.55. The molecule has 1 aliphatic carbocycles. The Balaban J connectivity index is 2.58. The Labute approximate surface area is 94.5 Å². The highest BCUT2D eigenvalue weighted by Crippen LogP contribution is 2.47. The Bertz CT molecular complexity index is 314. The van der Waals surface area contributed by atoms with Crippen LogP contribution in [0.2, 0.25) is 0 Å². The predicted octanol–water partition coefficient (Wildman–Crippen LogP) is 1.54. The quantitative estimate of drug-likeness (QED) is 0.714. The smallest absolute Gasteiger partial charge is 0.408 e. The average molecular weight is 227 g/mol. The maximum atomic E-state index is 11.3. The number of alkyl carbamates (subject to hydrolysis) is 1. The zero-order valence-corrected chi connectivity index (χ0v) is 9.58. The van der Waals surface area contributed by atoms with Gasteiger partial charge in [0.15, 0.2) is 0 Å². The SMILES string of the molecule is C=CCOC(=O)NC1(C(=O)O)CC(C)(C)C1. The number of ether oxygens (including phenoxy) is 1. The Morgan fingerprint density at radius 1 is 1.50 bits per heavy atom. The lowest BCUT2D eigenvalue weighted by atomic mass is 9.59. The molecule has 0 heterocycles. The minimum Gasteiger partial charge on any atom is -0.480 e. The topological polar surface area (TPSA) is 75.6 Å². The second-order valence-corrected chi connectivity index (χ2v) is 4.92. The molecule has 5 nitrogen and oxygen atoms in total. The highest BCUT2D eigenvalue weighted by atomic mass is 16.5. The van der Waals surface area contributed by atoms with Crippen molar-refractivity contribution in [1.82, 2.24) is 5.32 Å². The second-order valence-electron chi connectivity index (χ2n) is 4.92. The Kier molecular flexibility index (Phi) is 3.26. The Morgan fingerprint density at radius 3 is 2.44 bits per heavy atom. The third kappa shape index (κ3) is 2.53. The first-order chi connectivity index (χ1) is 7.31. The molecule has 0 bridgehead atoms. The summed E-state index contributed by atoms with van der Waals surface area (Å²) in [4.78, 5) is 22.4. The van der Waals surface area contributed by atoms with Crippen molar-refractivity contribution in [3.63, 3.8) is 0 Å². The molecule has 0 atom stereocenters. The van der Waals surface area contributed by atoms with Gasteiger partial charge in [0.2, 0.25) is 0 Å². The van der Waals surface area contributed by atoms with Crippen LogP contribution in [0.15, 0.2) is 12.7 Å². The third-order valence-corrected chi connectivity index (χ3v) is 2.64. The van der Waals surface area contributed by atoms with Crippen molar-refractivity contribution in [2.75, 3.05) is 6.61 Å². The normalized spacial score (nSPS) is 20.4. The zero-order valence-electron chi connectivity index (χ0n) is 9.58. The summed E-state index contributed by atoms with van der Waals surface area (Å²) in [5.41, 5.74) is -1.22. The van der Waals surface area contributed by atoms with Gasteiger partial charge in [0.05, 0.1) is 0 Å². The number of carboxylic acid groups (broad SMARTS) is 1. The van der Waals surface area contributed by atoms with Crippen molar-refractivity contribution in [1.29, 1.82) is 0 Å². The summed E-state index contributed by atoms with van der Waals surface area (Å²) in [5, 5.41) is 11.5. The number of aliphatic carboxylic acids is 1. The van der Waals surface area contributed by atoms with Crippen LogP contribution in [-0.2, 0) is 9.53 Å². The van der Waals surface area contributed by atoms with Crippen LogP contribution < -0.4 is 5.32 Å². The first-order valence-electron chi connectivity index (χ1n) is 5.11. The van der Waals surface area contributed by atoms with E-state index in [4.69, 9.17) is 9.84 Å². The maximum Gasteiger partial charge on any atom is 0.408 e. The van der Waals surface area contributed by atoms with Crippen LogP contribution in [0.3, 0.4) is 0 Å². The van der Waals surface area contributed by atoms with Crippen molar-refractivity contribution in [3.05, 3.63) is 12.7 Å². The molecule has 5 heteroatoms. The van der Waals surface area contributed by atoms with Crippen LogP contribution >= 0.6 is 0 Å². The van der Waals surface area contributed by atoms with Gasteiger partial charge in [-0.25, -0.2) is 9.59 Å². The fourth-order valence-electron chi connectivity index (χ4n) is 2.24. The minimum atomic E-state index is -1.16. The van der Waals surface area contributed by atoms with Gasteiger partial charge >= 0.3 is 12.1 Å². The molecule has 1 aliphatic rings. The number of hydrogen-bond acceptors (Lipinski definition) is 3. The molecule has 0 radical (unpaired) electrons. The van der Waals surface area contributed by atoms with E-state index in [9.17, 15) is 9.59 Å². The van der Waals surface area contributed by atoms with Crippen LogP contribution in [0.25, 0.3) is 0 Å². The van der Waals surface area contributed by atoms with E-state index in [1.807, 2.05) is 13.8 Å². The van der Waals surface area contributed by atoms with Crippen molar-refractivity contribution in [2.24, 2.45) is 5.41 Å². The van der Waals surface area contributed by atoms with Crippen molar-refractivity contribution >= 4 is 12.1 Å². The lowest BCUT2D eigenvalue weighted by molar-refractivity contribution is -0.154. The van der Waals surface area contributed by atoms with Crippen LogP contribution in [-0.4, -0.2) is 29.3 Å². The van der Waals surface area contributed by atoms with Gasteiger partial charge in [0.1, 0.15) is 12.1 Å². The number of rotatable bonds is 4. The van der Waals surface area contributed by atoms with E-state index in [1.165, 1.54) is 6.08 Å². The summed E-state index contributed by atoms with van der Waals surface area (Å²) in [6.45, 7) is 7.40. The summed E-state index contributed by atoms with van der Waals surface area (Å²) in [5.74, 6) is -1.01. The van der Waals surface area contributed by atoms with Crippen molar-refractivity contribution < 1.29 is 19.4 Å². The van der Waals surface area contributed by atoms with Gasteiger partial charge in [0, 0.05) is 0 Å². The maximum absolute atomic E-state index is 11.3. The summed E-state index contributed by atoms with van der Waals surface area (Å²) in [7, 11) is 0. The van der Waals surface area contributed by atoms with Crippen molar-refractivity contribution in [3.8, 4) is 0 Å². The lowest BCUT2D eigenvalue weighted by Gasteiger charge is -2.49. The second kappa shape index (κ2) is 4.15. The average Bonchev–Trinajstić information content (AvgIpc) is 2.11. The molecule has 1 fully saturated rings. The van der Waals surface area contributed by atoms with Gasteiger partial charge in [-0.3, -0.25) is 0 Å². The van der Waals surface area contributed by atoms with Crippen molar-refractivity contribution in [2.45, 2.75) is 32.2 Å². The third-order valence-electron chi connectivity index (χ3n) is 2.64. The molecule has 1 amide bonds. The highest BCUT2D eigenvalue weighted by Gasteiger charge is 2.55. The molecule has 0 aromatic heterocycles. The van der Waals surface area contributed by atoms with Gasteiger partial charge in [-0.2, -0.15) is 0 Å². The fraction of sp³-hybridized carbons (Fsp3) is 0.636. The van der Waals surface area contributed by atoms with E-state index in [-0.39, 0.29) is 12.0 Å². The summed E-state index contributed by atoms with van der Waals surface area (Å²) < 4.78 is 4.71. The molecule has 0 aromatic rings. The molecule has 0 aliphatic heterocycles. The van der Waals surface area contributed by atoms with E-state index in [1.54, 1.807) is 0 Å². The molecule has 1 saturated carbocycles. The molecular formula is C11H17NO4. The minimum absolute atomic E-state index is 0.0515. The van der Waals surface area contributed by atoms with Gasteiger partial charge < -0.3 is 15.2 Å². The monoisotopic (exact) mass is 227 g/mol. The molecule has 0 spiro atoms. The van der Waals surface area contributed by atoms with Gasteiger partial charge in [-0.1, -0.05) is 26.5 Å². The first kappa shape index (κ1) is 12.5. The Hall–Kier alpha value is -1.52. The van der Waals surface area contributed by atoms with E-state index in [2.05, 4.69) is 11.9 Å². The lowest BCUT2D eigenvalue weighted by Crippen LogP contribution is -2.65. The predicted molar refractivity (Wildman–Crippen MR) is 58.1 cm³/mol. The molecule has 0 aromatic carbocycles. The zero-order chi connectivity index (χ0) is 12.4. The number of carbonyl (C=O) groups is 2. The van der Waals surface area contributed by atoms with Crippen LogP contribution in [0.1, 0.15) is 26.7 Å². The van der Waals surface area contributed by atoms with E-state index >= 15 is 0 Å². The number of carboxylic acids is 1. The molecule has 0 unspecified atom stereocenters. The standard InChI is InChI=1S/C11H17NO4/c1-4-5-16-9(15)12-11(8(13)14)6-10(2,3)7-11/h4H,1,5-7H2,2-3H3,(H,12,15)(H,13,14). The van der Waals surface area contributed by atoms with E-state index in [0.717, 1.165) is 0 Å². The van der Waals surface area contributed by atoms with Crippen LogP contribution in [0, 0.1) is 5.41 Å². The first-order valence-corrected chi connectivity index (χ1v) is 5.11.